The molecule has 2 heteroatoms. The number of likely N-dealkylation sites (tertiary alicyclic amines) is 1. The van der Waals surface area contributed by atoms with Crippen LogP contribution in [0, 0.1) is 12.8 Å². The van der Waals surface area contributed by atoms with Gasteiger partial charge in [-0.15, -0.1) is 0 Å². The molecule has 2 aromatic rings. The maximum Gasteiger partial charge on any atom is 0.0398 e. The first-order chi connectivity index (χ1) is 12.7. The summed E-state index contributed by atoms with van der Waals surface area (Å²) in [6.45, 7) is 5.99. The smallest absolute Gasteiger partial charge is 0.0398 e. The Morgan fingerprint density at radius 3 is 2.19 bits per heavy atom. The minimum Gasteiger partial charge on any atom is -0.368 e. The Morgan fingerprint density at radius 2 is 1.54 bits per heavy atom. The number of piperidine rings is 1. The van der Waals surface area contributed by atoms with E-state index in [0.29, 0.717) is 6.04 Å². The van der Waals surface area contributed by atoms with Gasteiger partial charge in [-0.2, -0.15) is 0 Å². The van der Waals surface area contributed by atoms with Crippen LogP contribution in [0.25, 0.3) is 0 Å². The van der Waals surface area contributed by atoms with Gasteiger partial charge >= 0.3 is 0 Å². The van der Waals surface area contributed by atoms with Crippen molar-refractivity contribution in [3.63, 3.8) is 0 Å². The predicted octanol–water partition coefficient (Wildman–Crippen LogP) is 4.70. The van der Waals surface area contributed by atoms with Gasteiger partial charge in [0, 0.05) is 18.3 Å². The van der Waals surface area contributed by atoms with Crippen LogP contribution in [0.3, 0.4) is 0 Å². The maximum absolute atomic E-state index is 2.73. The van der Waals surface area contributed by atoms with Gasteiger partial charge in [-0.25, -0.2) is 0 Å². The Bertz CT molecular complexity index is 705. The van der Waals surface area contributed by atoms with Crippen molar-refractivity contribution in [3.8, 4) is 0 Å². The van der Waals surface area contributed by atoms with E-state index in [1.807, 2.05) is 0 Å². The van der Waals surface area contributed by atoms with Gasteiger partial charge < -0.3 is 9.80 Å². The number of fused-ring (bicyclic) bond motifs is 1. The van der Waals surface area contributed by atoms with Crippen LogP contribution in [0.5, 0.6) is 0 Å². The monoisotopic (exact) mass is 348 g/mol. The van der Waals surface area contributed by atoms with E-state index in [4.69, 9.17) is 0 Å². The summed E-state index contributed by atoms with van der Waals surface area (Å²) in [5, 5.41) is 0. The minimum absolute atomic E-state index is 0.611. The second kappa shape index (κ2) is 7.84. The lowest BCUT2D eigenvalue weighted by molar-refractivity contribution is 0.213. The second-order valence-electron chi connectivity index (χ2n) is 8.35. The van der Waals surface area contributed by atoms with Gasteiger partial charge in [0.1, 0.15) is 0 Å². The molecule has 26 heavy (non-hydrogen) atoms. The van der Waals surface area contributed by atoms with Gasteiger partial charge in [-0.1, -0.05) is 42.5 Å². The van der Waals surface area contributed by atoms with Crippen molar-refractivity contribution in [1.29, 1.82) is 0 Å². The van der Waals surface area contributed by atoms with Crippen molar-refractivity contribution in [1.82, 2.24) is 4.90 Å². The molecule has 0 unspecified atom stereocenters. The van der Waals surface area contributed by atoms with Crippen molar-refractivity contribution in [3.05, 3.63) is 65.2 Å². The zero-order valence-electron chi connectivity index (χ0n) is 16.3. The number of anilines is 1. The Kier molecular flexibility index (Phi) is 5.31. The van der Waals surface area contributed by atoms with Gasteiger partial charge in [-0.05, 0) is 87.8 Å². The molecule has 1 aliphatic carbocycles. The molecule has 4 rings (SSSR count). The molecule has 138 valence electrons. The summed E-state index contributed by atoms with van der Waals surface area (Å²) >= 11 is 0. The molecule has 1 heterocycles. The van der Waals surface area contributed by atoms with Gasteiger partial charge in [-0.3, -0.25) is 0 Å². The van der Waals surface area contributed by atoms with Gasteiger partial charge in [0.05, 0.1) is 0 Å². The van der Waals surface area contributed by atoms with Gasteiger partial charge in [0.15, 0.2) is 0 Å². The molecule has 0 N–H and O–H groups in total. The van der Waals surface area contributed by atoms with E-state index >= 15 is 0 Å². The molecular formula is C24H32N2. The molecule has 1 saturated heterocycles. The third-order valence-electron chi connectivity index (χ3n) is 6.51. The number of hydrogen-bond acceptors (Lipinski definition) is 2. The molecule has 0 bridgehead atoms. The highest BCUT2D eigenvalue weighted by molar-refractivity contribution is 5.55. The molecule has 2 aromatic carbocycles. The summed E-state index contributed by atoms with van der Waals surface area (Å²) in [6.07, 6.45) is 6.44. The van der Waals surface area contributed by atoms with Crippen LogP contribution in [0.1, 0.15) is 36.0 Å². The van der Waals surface area contributed by atoms with Crippen LogP contribution in [0.2, 0.25) is 0 Å². The fraction of sp³-hybridized carbons (Fsp3) is 0.500. The fourth-order valence-electron chi connectivity index (χ4n) is 4.81. The van der Waals surface area contributed by atoms with Crippen LogP contribution in [0.4, 0.5) is 5.69 Å². The van der Waals surface area contributed by atoms with E-state index < -0.39 is 0 Å². The average Bonchev–Trinajstić information content (AvgIpc) is 3.08. The number of para-hydroxylation sites is 1. The SMILES string of the molecule is Cc1ccccc1N(CCC1CCN(C)CC1)C1Cc2ccccc2C1. The largest absolute Gasteiger partial charge is 0.368 e. The van der Waals surface area contributed by atoms with Crippen LogP contribution < -0.4 is 4.90 Å². The van der Waals surface area contributed by atoms with Crippen LogP contribution in [-0.2, 0) is 12.8 Å². The van der Waals surface area contributed by atoms with E-state index in [2.05, 4.69) is 72.3 Å². The molecule has 0 atom stereocenters. The fourth-order valence-corrected chi connectivity index (χ4v) is 4.81. The van der Waals surface area contributed by atoms with Gasteiger partial charge in [0.2, 0.25) is 0 Å². The first-order valence-corrected chi connectivity index (χ1v) is 10.3. The zero-order valence-corrected chi connectivity index (χ0v) is 16.3. The first kappa shape index (κ1) is 17.6. The molecule has 2 nitrogen and oxygen atoms in total. The van der Waals surface area contributed by atoms with Crippen LogP contribution in [0.15, 0.2) is 48.5 Å². The average molecular weight is 349 g/mol. The lowest BCUT2D eigenvalue weighted by Gasteiger charge is -2.35. The highest BCUT2D eigenvalue weighted by Crippen LogP contribution is 2.32. The summed E-state index contributed by atoms with van der Waals surface area (Å²) in [5.41, 5.74) is 5.95. The molecule has 2 aliphatic rings. The molecule has 1 aliphatic heterocycles. The number of nitrogens with zero attached hydrogens (tertiary/aromatic N) is 2. The Morgan fingerprint density at radius 1 is 0.923 bits per heavy atom. The lowest BCUT2D eigenvalue weighted by Crippen LogP contribution is -2.39. The highest BCUT2D eigenvalue weighted by Gasteiger charge is 2.28. The summed E-state index contributed by atoms with van der Waals surface area (Å²) in [5.74, 6) is 0.890. The van der Waals surface area contributed by atoms with Crippen LogP contribution >= 0.6 is 0 Å². The number of benzene rings is 2. The summed E-state index contributed by atoms with van der Waals surface area (Å²) in [4.78, 5) is 5.21. The van der Waals surface area contributed by atoms with Crippen molar-refractivity contribution in [2.75, 3.05) is 31.6 Å². The van der Waals surface area contributed by atoms with Crippen LogP contribution in [-0.4, -0.2) is 37.6 Å². The van der Waals surface area contributed by atoms with Crippen molar-refractivity contribution in [2.45, 2.75) is 45.1 Å². The number of aryl methyl sites for hydroxylation is 1. The molecule has 0 radical (unpaired) electrons. The summed E-state index contributed by atoms with van der Waals surface area (Å²) in [7, 11) is 2.26. The maximum atomic E-state index is 2.73. The van der Waals surface area contributed by atoms with E-state index in [-0.39, 0.29) is 0 Å². The standard InChI is InChI=1S/C24H32N2/c1-19-7-3-6-10-24(19)26(16-13-20-11-14-25(2)15-12-20)23-17-21-8-4-5-9-22(21)18-23/h3-10,20,23H,11-18H2,1-2H3. The molecule has 1 fully saturated rings. The third-order valence-corrected chi connectivity index (χ3v) is 6.51. The summed E-state index contributed by atoms with van der Waals surface area (Å²) < 4.78 is 0. The van der Waals surface area contributed by atoms with Gasteiger partial charge in [0.25, 0.3) is 0 Å². The second-order valence-corrected chi connectivity index (χ2v) is 8.35. The van der Waals surface area contributed by atoms with E-state index in [1.165, 1.54) is 63.0 Å². The first-order valence-electron chi connectivity index (χ1n) is 10.3. The normalized spacial score (nSPS) is 18.8. The Hall–Kier alpha value is -1.80. The third kappa shape index (κ3) is 3.81. The Balaban J connectivity index is 1.50. The predicted molar refractivity (Wildman–Crippen MR) is 111 cm³/mol. The van der Waals surface area contributed by atoms with E-state index in [1.54, 1.807) is 11.1 Å². The highest BCUT2D eigenvalue weighted by atomic mass is 15.2. The number of hydrogen-bond donors (Lipinski definition) is 0. The molecular weight excluding hydrogens is 316 g/mol. The molecule has 0 amide bonds. The minimum atomic E-state index is 0.611. The van der Waals surface area contributed by atoms with E-state index in [0.717, 1.165) is 5.92 Å². The number of rotatable bonds is 5. The molecule has 0 saturated carbocycles. The zero-order chi connectivity index (χ0) is 17.9. The molecule has 0 spiro atoms. The van der Waals surface area contributed by atoms with Crippen molar-refractivity contribution < 1.29 is 0 Å². The van der Waals surface area contributed by atoms with Crippen molar-refractivity contribution >= 4 is 5.69 Å². The topological polar surface area (TPSA) is 6.48 Å². The quantitative estimate of drug-likeness (QED) is 0.773. The summed E-state index contributed by atoms with van der Waals surface area (Å²) in [6, 6.07) is 18.6. The Labute approximate surface area is 158 Å². The van der Waals surface area contributed by atoms with E-state index in [9.17, 15) is 0 Å². The van der Waals surface area contributed by atoms with Crippen molar-refractivity contribution in [2.24, 2.45) is 5.92 Å². The molecule has 0 aromatic heterocycles. The lowest BCUT2D eigenvalue weighted by atomic mass is 9.93.